The molecule has 0 rings (SSSR count). The van der Waals surface area contributed by atoms with E-state index < -0.39 is 97.5 Å². The van der Waals surface area contributed by atoms with Crippen LogP contribution in [0.4, 0.5) is 0 Å². The van der Waals surface area contributed by atoms with Gasteiger partial charge in [0.25, 0.3) is 0 Å². The van der Waals surface area contributed by atoms with Gasteiger partial charge in [-0.3, -0.25) is 37.3 Å². The van der Waals surface area contributed by atoms with Gasteiger partial charge in [0.2, 0.25) is 0 Å². The molecule has 0 aliphatic carbocycles. The van der Waals surface area contributed by atoms with Crippen LogP contribution in [0.25, 0.3) is 0 Å². The average Bonchev–Trinajstić information content (AvgIpc) is 1.46. The number of carbonyl (C=O) groups excluding carboxylic acids is 4. The maximum Gasteiger partial charge on any atom is 0.472 e. The summed E-state index contributed by atoms with van der Waals surface area (Å²) in [5.74, 6) is -1.31. The van der Waals surface area contributed by atoms with Crippen LogP contribution in [0.2, 0.25) is 0 Å². The molecule has 0 bridgehead atoms. The summed E-state index contributed by atoms with van der Waals surface area (Å²) in [6.07, 6.45) is 59.4. The van der Waals surface area contributed by atoms with E-state index in [1.807, 2.05) is 0 Å². The van der Waals surface area contributed by atoms with Gasteiger partial charge in [0.1, 0.15) is 19.3 Å². The fourth-order valence-corrected chi connectivity index (χ4v) is 13.5. The molecule has 19 heteroatoms. The third-order valence-corrected chi connectivity index (χ3v) is 19.9. The summed E-state index contributed by atoms with van der Waals surface area (Å²) in [6, 6.07) is 0. The Hall–Kier alpha value is -1.94. The molecular weight excluding hydrogens is 1260 g/mol. The number of esters is 4. The molecule has 2 unspecified atom stereocenters. The second-order valence-electron chi connectivity index (χ2n) is 28.2. The summed E-state index contributed by atoms with van der Waals surface area (Å²) in [4.78, 5) is 72.9. The molecule has 0 aromatic heterocycles. The molecule has 570 valence electrons. The van der Waals surface area contributed by atoms with E-state index in [4.69, 9.17) is 37.0 Å². The zero-order chi connectivity index (χ0) is 70.5. The minimum absolute atomic E-state index is 0.108. The zero-order valence-corrected chi connectivity index (χ0v) is 64.3. The van der Waals surface area contributed by atoms with Crippen LogP contribution in [0.1, 0.15) is 407 Å². The topological polar surface area (TPSA) is 237 Å². The van der Waals surface area contributed by atoms with E-state index in [0.717, 1.165) is 95.8 Å². The van der Waals surface area contributed by atoms with Crippen molar-refractivity contribution in [2.45, 2.75) is 425 Å². The SMILES string of the molecule is CCCCCCCCCCCCCCCCCC(=O)OC[C@H](COP(=O)(O)OC[C@@H](O)COP(=O)(O)OC[C@@H](COC(=O)CCCCCCCCCCCCCC)OC(=O)CCCCCCCCCCCCCC)OC(=O)CCCCCCCCCCCCCCCCC(C)C. The molecule has 0 heterocycles. The number of phosphoric acid groups is 2. The van der Waals surface area contributed by atoms with Gasteiger partial charge < -0.3 is 33.8 Å². The van der Waals surface area contributed by atoms with Crippen LogP contribution in [0, 0.1) is 5.92 Å². The van der Waals surface area contributed by atoms with E-state index in [9.17, 15) is 43.2 Å². The molecular formula is C77H150O17P2. The van der Waals surface area contributed by atoms with Gasteiger partial charge in [0.15, 0.2) is 12.2 Å². The highest BCUT2D eigenvalue weighted by atomic mass is 31.2. The predicted molar refractivity (Wildman–Crippen MR) is 391 cm³/mol. The molecule has 0 saturated heterocycles. The van der Waals surface area contributed by atoms with Gasteiger partial charge >= 0.3 is 39.5 Å². The highest BCUT2D eigenvalue weighted by molar-refractivity contribution is 7.47. The van der Waals surface area contributed by atoms with Crippen molar-refractivity contribution in [3.63, 3.8) is 0 Å². The number of carbonyl (C=O) groups is 4. The summed E-state index contributed by atoms with van der Waals surface area (Å²) in [6.45, 7) is 7.33. The van der Waals surface area contributed by atoms with Gasteiger partial charge in [0, 0.05) is 25.7 Å². The lowest BCUT2D eigenvalue weighted by molar-refractivity contribution is -0.161. The largest absolute Gasteiger partial charge is 0.472 e. The van der Waals surface area contributed by atoms with E-state index in [2.05, 4.69) is 34.6 Å². The minimum atomic E-state index is -4.96. The van der Waals surface area contributed by atoms with Crippen molar-refractivity contribution in [1.29, 1.82) is 0 Å². The molecule has 0 amide bonds. The first kappa shape index (κ1) is 94.1. The molecule has 0 aliphatic rings. The van der Waals surface area contributed by atoms with Crippen LogP contribution in [0.15, 0.2) is 0 Å². The maximum absolute atomic E-state index is 13.1. The van der Waals surface area contributed by atoms with Crippen molar-refractivity contribution in [3.8, 4) is 0 Å². The Bertz CT molecular complexity index is 1840. The third kappa shape index (κ3) is 70.5. The summed E-state index contributed by atoms with van der Waals surface area (Å²) in [5.41, 5.74) is 0. The highest BCUT2D eigenvalue weighted by Crippen LogP contribution is 2.45. The van der Waals surface area contributed by atoms with Crippen molar-refractivity contribution in [2.24, 2.45) is 5.92 Å². The molecule has 5 atom stereocenters. The Kier molecular flexibility index (Phi) is 68.7. The molecule has 3 N–H and O–H groups in total. The molecule has 96 heavy (non-hydrogen) atoms. The number of aliphatic hydroxyl groups excluding tert-OH is 1. The van der Waals surface area contributed by atoms with E-state index in [-0.39, 0.29) is 25.7 Å². The van der Waals surface area contributed by atoms with E-state index >= 15 is 0 Å². The van der Waals surface area contributed by atoms with Crippen molar-refractivity contribution >= 4 is 39.5 Å². The molecule has 0 aromatic rings. The average molecular weight is 1410 g/mol. The second kappa shape index (κ2) is 70.1. The van der Waals surface area contributed by atoms with Crippen molar-refractivity contribution in [1.82, 2.24) is 0 Å². The first-order valence-electron chi connectivity index (χ1n) is 40.1. The summed E-state index contributed by atoms with van der Waals surface area (Å²) in [7, 11) is -9.91. The van der Waals surface area contributed by atoms with E-state index in [0.29, 0.717) is 25.7 Å². The third-order valence-electron chi connectivity index (χ3n) is 18.0. The van der Waals surface area contributed by atoms with Gasteiger partial charge in [-0.1, -0.05) is 356 Å². The molecule has 0 fully saturated rings. The Morgan fingerprint density at radius 1 is 0.281 bits per heavy atom. The van der Waals surface area contributed by atoms with Crippen molar-refractivity contribution in [2.75, 3.05) is 39.6 Å². The molecule has 0 radical (unpaired) electrons. The van der Waals surface area contributed by atoms with Crippen LogP contribution in [-0.2, 0) is 65.4 Å². The fraction of sp³-hybridized carbons (Fsp3) is 0.948. The standard InChI is InChI=1S/C77H150O17P2/c1-6-9-12-15-18-21-24-27-28-32-37-41-46-51-56-61-75(80)88-67-73(94-77(82)63-58-53-48-43-38-33-30-29-31-34-39-44-49-54-59-70(4)5)69-92-96(85,86)90-65-71(78)64-89-95(83,84)91-68-72(93-76(81)62-57-52-47-42-36-26-23-20-17-14-11-8-3)66-87-74(79)60-55-50-45-40-35-25-22-19-16-13-10-7-2/h70-73,78H,6-69H2,1-5H3,(H,83,84)(H,85,86)/t71-,72+,73+/m0/s1. The molecule has 0 spiro atoms. The van der Waals surface area contributed by atoms with E-state index in [1.54, 1.807) is 0 Å². The lowest BCUT2D eigenvalue weighted by Crippen LogP contribution is -2.30. The highest BCUT2D eigenvalue weighted by Gasteiger charge is 2.30. The van der Waals surface area contributed by atoms with Gasteiger partial charge in [0.05, 0.1) is 26.4 Å². The fourth-order valence-electron chi connectivity index (χ4n) is 11.9. The Morgan fingerprint density at radius 2 is 0.479 bits per heavy atom. The number of ether oxygens (including phenoxy) is 4. The number of unbranched alkanes of at least 4 members (excludes halogenated alkanes) is 49. The summed E-state index contributed by atoms with van der Waals surface area (Å²) < 4.78 is 68.6. The van der Waals surface area contributed by atoms with Gasteiger partial charge in [-0.25, -0.2) is 9.13 Å². The smallest absolute Gasteiger partial charge is 0.462 e. The number of phosphoric ester groups is 2. The molecule has 17 nitrogen and oxygen atoms in total. The first-order chi connectivity index (χ1) is 46.5. The predicted octanol–water partition coefficient (Wildman–Crippen LogP) is 22.9. The van der Waals surface area contributed by atoms with Crippen LogP contribution in [0.3, 0.4) is 0 Å². The number of hydrogen-bond acceptors (Lipinski definition) is 15. The molecule has 0 aliphatic heterocycles. The van der Waals surface area contributed by atoms with Crippen molar-refractivity contribution in [3.05, 3.63) is 0 Å². The van der Waals surface area contributed by atoms with Gasteiger partial charge in [-0.15, -0.1) is 0 Å². The van der Waals surface area contributed by atoms with Crippen LogP contribution in [-0.4, -0.2) is 96.7 Å². The number of aliphatic hydroxyl groups is 1. The first-order valence-corrected chi connectivity index (χ1v) is 43.1. The molecule has 0 saturated carbocycles. The number of hydrogen-bond donors (Lipinski definition) is 3. The minimum Gasteiger partial charge on any atom is -0.462 e. The van der Waals surface area contributed by atoms with Crippen molar-refractivity contribution < 1.29 is 80.2 Å². The van der Waals surface area contributed by atoms with Gasteiger partial charge in [-0.05, 0) is 31.6 Å². The Balaban J connectivity index is 5.25. The molecule has 0 aromatic carbocycles. The Morgan fingerprint density at radius 3 is 0.708 bits per heavy atom. The number of rotatable bonds is 77. The van der Waals surface area contributed by atoms with Crippen LogP contribution >= 0.6 is 15.6 Å². The monoisotopic (exact) mass is 1410 g/mol. The van der Waals surface area contributed by atoms with Crippen LogP contribution < -0.4 is 0 Å². The second-order valence-corrected chi connectivity index (χ2v) is 31.1. The quantitative estimate of drug-likeness (QED) is 0.0222. The summed E-state index contributed by atoms with van der Waals surface area (Å²) >= 11 is 0. The van der Waals surface area contributed by atoms with Crippen LogP contribution in [0.5, 0.6) is 0 Å². The summed E-state index contributed by atoms with van der Waals surface area (Å²) in [5, 5.41) is 10.6. The zero-order valence-electron chi connectivity index (χ0n) is 62.5. The Labute approximate surface area is 588 Å². The maximum atomic E-state index is 13.1. The lowest BCUT2D eigenvalue weighted by atomic mass is 10.0. The normalized spacial score (nSPS) is 13.9. The van der Waals surface area contributed by atoms with Gasteiger partial charge in [-0.2, -0.15) is 0 Å². The van der Waals surface area contributed by atoms with E-state index in [1.165, 1.54) is 231 Å². The lowest BCUT2D eigenvalue weighted by Gasteiger charge is -2.21.